The summed E-state index contributed by atoms with van der Waals surface area (Å²) in [5, 5.41) is 5.45. The lowest BCUT2D eigenvalue weighted by molar-refractivity contribution is -0.131. The molecule has 2 amide bonds. The lowest BCUT2D eigenvalue weighted by Crippen LogP contribution is -2.45. The number of benzene rings is 1. The molecular weight excluding hydrogens is 434 g/mol. The number of unbranched alkanes of at least 4 members (excludes halogenated alkanes) is 1. The second kappa shape index (κ2) is 12.5. The average molecular weight is 469 g/mol. The van der Waals surface area contributed by atoms with Crippen LogP contribution in [0.3, 0.4) is 0 Å². The lowest BCUT2D eigenvalue weighted by Gasteiger charge is -2.21. The molecule has 33 heavy (non-hydrogen) atoms. The molecule has 9 heteroatoms. The van der Waals surface area contributed by atoms with E-state index in [1.165, 1.54) is 12.1 Å². The van der Waals surface area contributed by atoms with Crippen molar-refractivity contribution in [3.63, 3.8) is 0 Å². The number of Topliss-reactive ketones (excluding diaryl/α,β-unsaturated/α-hetero) is 1. The van der Waals surface area contributed by atoms with Gasteiger partial charge in [0.25, 0.3) is 0 Å². The van der Waals surface area contributed by atoms with Crippen molar-refractivity contribution >= 4 is 17.8 Å². The van der Waals surface area contributed by atoms with Crippen molar-refractivity contribution in [2.75, 3.05) is 13.2 Å². The molecule has 1 aromatic rings. The van der Waals surface area contributed by atoms with Crippen LogP contribution in [0.4, 0.5) is 13.6 Å². The van der Waals surface area contributed by atoms with Crippen molar-refractivity contribution < 1.29 is 32.6 Å². The van der Waals surface area contributed by atoms with E-state index >= 15 is 0 Å². The van der Waals surface area contributed by atoms with Crippen LogP contribution < -0.4 is 15.4 Å². The van der Waals surface area contributed by atoms with Crippen LogP contribution in [0.5, 0.6) is 5.75 Å². The third-order valence-corrected chi connectivity index (χ3v) is 5.31. The molecule has 0 unspecified atom stereocenters. The minimum atomic E-state index is -1.16. The number of rotatable bonds is 11. The van der Waals surface area contributed by atoms with E-state index in [1.54, 1.807) is 20.8 Å². The van der Waals surface area contributed by atoms with Crippen LogP contribution in [0.25, 0.3) is 0 Å². The molecule has 1 saturated carbocycles. The zero-order chi connectivity index (χ0) is 24.4. The van der Waals surface area contributed by atoms with E-state index in [-0.39, 0.29) is 17.6 Å². The van der Waals surface area contributed by atoms with E-state index in [2.05, 4.69) is 10.6 Å². The summed E-state index contributed by atoms with van der Waals surface area (Å²) in [7, 11) is 0. The van der Waals surface area contributed by atoms with E-state index in [0.29, 0.717) is 25.8 Å². The number of alkyl carbamates (subject to hydrolysis) is 1. The molecule has 0 heterocycles. The minimum Gasteiger partial charge on any atom is -0.483 e. The predicted octanol–water partition coefficient (Wildman–Crippen LogP) is 4.28. The fraction of sp³-hybridized carbons (Fsp3) is 0.625. The molecule has 1 fully saturated rings. The van der Waals surface area contributed by atoms with E-state index in [1.807, 2.05) is 0 Å². The van der Waals surface area contributed by atoms with Gasteiger partial charge in [0.2, 0.25) is 11.7 Å². The first-order valence-corrected chi connectivity index (χ1v) is 11.4. The maximum atomic E-state index is 13.8. The van der Waals surface area contributed by atoms with Gasteiger partial charge in [-0.25, -0.2) is 9.18 Å². The Morgan fingerprint density at radius 2 is 1.82 bits per heavy atom. The molecule has 1 aromatic carbocycles. The van der Waals surface area contributed by atoms with Crippen LogP contribution in [-0.2, 0) is 14.3 Å². The number of ether oxygens (including phenoxy) is 2. The number of hydrogen-bond donors (Lipinski definition) is 2. The number of carbonyl (C=O) groups is 3. The van der Waals surface area contributed by atoms with Crippen LogP contribution in [0, 0.1) is 17.6 Å². The highest BCUT2D eigenvalue weighted by molar-refractivity contribution is 5.90. The molecule has 0 spiro atoms. The zero-order valence-corrected chi connectivity index (χ0v) is 19.5. The number of halogens is 2. The van der Waals surface area contributed by atoms with Gasteiger partial charge < -0.3 is 20.1 Å². The first kappa shape index (κ1) is 26.5. The maximum Gasteiger partial charge on any atom is 0.407 e. The van der Waals surface area contributed by atoms with Crippen molar-refractivity contribution in [2.45, 2.75) is 77.4 Å². The third-order valence-electron chi connectivity index (χ3n) is 5.31. The number of carbonyl (C=O) groups excluding carboxylic acids is 3. The summed E-state index contributed by atoms with van der Waals surface area (Å²) < 4.78 is 37.5. The molecular formula is C24H34F2N2O5. The van der Waals surface area contributed by atoms with Crippen LogP contribution in [-0.4, -0.2) is 42.6 Å². The summed E-state index contributed by atoms with van der Waals surface area (Å²) in [5.41, 5.74) is -0.590. The monoisotopic (exact) mass is 468 g/mol. The highest BCUT2D eigenvalue weighted by atomic mass is 19.2. The molecule has 0 aromatic heterocycles. The van der Waals surface area contributed by atoms with Crippen molar-refractivity contribution in [3.05, 3.63) is 29.8 Å². The second-order valence-electron chi connectivity index (χ2n) is 9.27. The molecule has 1 aliphatic rings. The van der Waals surface area contributed by atoms with E-state index in [4.69, 9.17) is 9.47 Å². The first-order valence-electron chi connectivity index (χ1n) is 11.4. The minimum absolute atomic E-state index is 0.115. The van der Waals surface area contributed by atoms with Gasteiger partial charge in [0.05, 0.1) is 6.04 Å². The Morgan fingerprint density at radius 1 is 1.12 bits per heavy atom. The Morgan fingerprint density at radius 3 is 2.48 bits per heavy atom. The molecule has 0 radical (unpaired) electrons. The summed E-state index contributed by atoms with van der Waals surface area (Å²) in [5.74, 6) is -3.30. The van der Waals surface area contributed by atoms with Gasteiger partial charge in [-0.05, 0) is 65.0 Å². The normalized spacial score (nSPS) is 15.1. The van der Waals surface area contributed by atoms with Crippen LogP contribution >= 0.6 is 0 Å². The molecule has 2 rings (SSSR count). The quantitative estimate of drug-likeness (QED) is 0.473. The Kier molecular flexibility index (Phi) is 10.1. The van der Waals surface area contributed by atoms with Gasteiger partial charge in [-0.3, -0.25) is 9.59 Å². The van der Waals surface area contributed by atoms with E-state index in [9.17, 15) is 23.2 Å². The van der Waals surface area contributed by atoms with E-state index < -0.39 is 41.8 Å². The Hall–Kier alpha value is -2.71. The molecule has 1 aliphatic carbocycles. The Labute approximate surface area is 193 Å². The molecule has 184 valence electrons. The molecule has 0 bridgehead atoms. The van der Waals surface area contributed by atoms with Gasteiger partial charge in [-0.15, -0.1) is 0 Å². The molecule has 0 saturated heterocycles. The highest BCUT2D eigenvalue weighted by Gasteiger charge is 2.28. The van der Waals surface area contributed by atoms with Crippen LogP contribution in [0.1, 0.15) is 65.7 Å². The fourth-order valence-electron chi connectivity index (χ4n) is 3.61. The molecule has 0 aliphatic heterocycles. The average Bonchev–Trinajstić information content (AvgIpc) is 3.27. The Balaban J connectivity index is 1.87. The maximum absolute atomic E-state index is 13.8. The number of nitrogens with one attached hydrogen (secondary N) is 2. The summed E-state index contributed by atoms with van der Waals surface area (Å²) >= 11 is 0. The SMILES string of the molecule is CC(C)(C)OC(=O)NCCCC[C@H](NC(=O)C1CCCC1)C(=O)COc1cccc(F)c1F. The van der Waals surface area contributed by atoms with Crippen molar-refractivity contribution in [1.82, 2.24) is 10.6 Å². The summed E-state index contributed by atoms with van der Waals surface area (Å²) in [4.78, 5) is 37.0. The van der Waals surface area contributed by atoms with Crippen molar-refractivity contribution in [1.29, 1.82) is 0 Å². The van der Waals surface area contributed by atoms with Crippen molar-refractivity contribution in [2.24, 2.45) is 5.92 Å². The second-order valence-corrected chi connectivity index (χ2v) is 9.27. The van der Waals surface area contributed by atoms with Gasteiger partial charge in [0.1, 0.15) is 12.2 Å². The van der Waals surface area contributed by atoms with Crippen molar-refractivity contribution in [3.8, 4) is 5.75 Å². The highest BCUT2D eigenvalue weighted by Crippen LogP contribution is 2.25. The van der Waals surface area contributed by atoms with Gasteiger partial charge in [-0.2, -0.15) is 4.39 Å². The van der Waals surface area contributed by atoms with E-state index in [0.717, 1.165) is 31.7 Å². The van der Waals surface area contributed by atoms with Crippen LogP contribution in [0.2, 0.25) is 0 Å². The molecule has 1 atom stereocenters. The number of amides is 2. The summed E-state index contributed by atoms with van der Waals surface area (Å²) in [6.45, 7) is 5.18. The summed E-state index contributed by atoms with van der Waals surface area (Å²) in [6, 6.07) is 2.67. The summed E-state index contributed by atoms with van der Waals surface area (Å²) in [6.07, 6.45) is 4.48. The van der Waals surface area contributed by atoms with Gasteiger partial charge in [-0.1, -0.05) is 18.9 Å². The fourth-order valence-corrected chi connectivity index (χ4v) is 3.61. The first-order chi connectivity index (χ1) is 15.6. The van der Waals surface area contributed by atoms with Gasteiger partial charge in [0.15, 0.2) is 17.3 Å². The topological polar surface area (TPSA) is 93.7 Å². The molecule has 7 nitrogen and oxygen atoms in total. The van der Waals surface area contributed by atoms with Crippen LogP contribution in [0.15, 0.2) is 18.2 Å². The molecule has 2 N–H and O–H groups in total. The Bertz CT molecular complexity index is 820. The number of hydrogen-bond acceptors (Lipinski definition) is 5. The largest absolute Gasteiger partial charge is 0.483 e. The number of ketones is 1. The predicted molar refractivity (Wildman–Crippen MR) is 119 cm³/mol. The smallest absolute Gasteiger partial charge is 0.407 e. The lowest BCUT2D eigenvalue weighted by atomic mass is 10.0. The van der Waals surface area contributed by atoms with Gasteiger partial charge >= 0.3 is 6.09 Å². The standard InChI is InChI=1S/C24H34F2N2O5/c1-24(2,3)33-23(31)27-14-7-6-12-18(28-22(30)16-9-4-5-10-16)19(29)15-32-20-13-8-11-17(25)21(20)26/h8,11,13,16,18H,4-7,9-10,12,14-15H2,1-3H3,(H,27,31)(H,28,30)/t18-/m0/s1. The third kappa shape index (κ3) is 9.35. The van der Waals surface area contributed by atoms with Gasteiger partial charge in [0, 0.05) is 12.5 Å². The zero-order valence-electron chi connectivity index (χ0n) is 19.5.